The van der Waals surface area contributed by atoms with Crippen molar-refractivity contribution in [1.29, 1.82) is 0 Å². The summed E-state index contributed by atoms with van der Waals surface area (Å²) in [5.41, 5.74) is 0. The molecule has 2 aliphatic rings. The van der Waals surface area contributed by atoms with Crippen molar-refractivity contribution in [3.63, 3.8) is 0 Å². The van der Waals surface area contributed by atoms with Crippen LogP contribution in [0, 0.1) is 5.92 Å². The normalized spacial score (nSPS) is 19.1. The number of hydrogen-bond acceptors (Lipinski definition) is 4. The standard InChI is InChI=1S/C16H30N4O2.2ClH/c1-2-18-15(21)13-19-9-11-20(12-10-19)16(22)4-3-14-5-7-17-8-6-14;;/h14,17H,2-13H2,1H3,(H,18,21);2*1H. The Hall–Kier alpha value is -0.560. The SMILES string of the molecule is CCNC(=O)CN1CCN(C(=O)CCC2CCNCC2)CC1.Cl.Cl. The van der Waals surface area contributed by atoms with E-state index in [1.165, 1.54) is 12.8 Å². The lowest BCUT2D eigenvalue weighted by Gasteiger charge is -2.34. The smallest absolute Gasteiger partial charge is 0.234 e. The fourth-order valence-electron chi connectivity index (χ4n) is 3.27. The van der Waals surface area contributed by atoms with Gasteiger partial charge in [0, 0.05) is 39.1 Å². The van der Waals surface area contributed by atoms with Gasteiger partial charge >= 0.3 is 0 Å². The van der Waals surface area contributed by atoms with Crippen molar-refractivity contribution in [2.24, 2.45) is 5.92 Å². The van der Waals surface area contributed by atoms with Crippen LogP contribution in [0.1, 0.15) is 32.6 Å². The van der Waals surface area contributed by atoms with E-state index in [9.17, 15) is 9.59 Å². The molecular formula is C16H32Cl2N4O2. The first kappa shape index (κ1) is 23.4. The summed E-state index contributed by atoms with van der Waals surface area (Å²) in [4.78, 5) is 27.9. The monoisotopic (exact) mass is 382 g/mol. The van der Waals surface area contributed by atoms with Crippen LogP contribution in [0.25, 0.3) is 0 Å². The van der Waals surface area contributed by atoms with Crippen LogP contribution in [0.3, 0.4) is 0 Å². The molecule has 0 aliphatic carbocycles. The minimum absolute atomic E-state index is 0. The number of amides is 2. The van der Waals surface area contributed by atoms with Gasteiger partial charge in [-0.3, -0.25) is 14.5 Å². The predicted octanol–water partition coefficient (Wildman–Crippen LogP) is 0.890. The molecule has 2 N–H and O–H groups in total. The Morgan fingerprint density at radius 3 is 2.29 bits per heavy atom. The number of nitrogens with one attached hydrogen (secondary N) is 2. The van der Waals surface area contributed by atoms with Crippen LogP contribution in [-0.4, -0.2) is 74.0 Å². The van der Waals surface area contributed by atoms with E-state index in [1.54, 1.807) is 0 Å². The maximum absolute atomic E-state index is 12.3. The van der Waals surface area contributed by atoms with E-state index in [2.05, 4.69) is 15.5 Å². The fraction of sp³-hybridized carbons (Fsp3) is 0.875. The summed E-state index contributed by atoms with van der Waals surface area (Å²) in [7, 11) is 0. The largest absolute Gasteiger partial charge is 0.355 e. The first-order valence-corrected chi connectivity index (χ1v) is 8.66. The van der Waals surface area contributed by atoms with E-state index >= 15 is 0 Å². The van der Waals surface area contributed by atoms with Gasteiger partial charge in [0.05, 0.1) is 6.54 Å². The molecule has 2 heterocycles. The number of piperazine rings is 1. The van der Waals surface area contributed by atoms with Gasteiger partial charge in [-0.15, -0.1) is 24.8 Å². The molecule has 0 atom stereocenters. The van der Waals surface area contributed by atoms with Crippen molar-refractivity contribution in [3.8, 4) is 0 Å². The number of halogens is 2. The Morgan fingerprint density at radius 1 is 1.08 bits per heavy atom. The molecule has 2 rings (SSSR count). The number of carbonyl (C=O) groups excluding carboxylic acids is 2. The molecule has 8 heteroatoms. The third kappa shape index (κ3) is 8.01. The molecule has 142 valence electrons. The van der Waals surface area contributed by atoms with Crippen LogP contribution in [-0.2, 0) is 9.59 Å². The third-order valence-corrected chi connectivity index (χ3v) is 4.69. The van der Waals surface area contributed by atoms with Crippen molar-refractivity contribution in [2.45, 2.75) is 32.6 Å². The summed E-state index contributed by atoms with van der Waals surface area (Å²) in [6.07, 6.45) is 4.11. The lowest BCUT2D eigenvalue weighted by Crippen LogP contribution is -2.51. The van der Waals surface area contributed by atoms with E-state index in [0.717, 1.165) is 45.7 Å². The van der Waals surface area contributed by atoms with Gasteiger partial charge in [-0.2, -0.15) is 0 Å². The minimum atomic E-state index is 0. The Morgan fingerprint density at radius 2 is 1.71 bits per heavy atom. The molecule has 0 bridgehead atoms. The summed E-state index contributed by atoms with van der Waals surface area (Å²) in [6, 6.07) is 0. The second kappa shape index (κ2) is 12.8. The van der Waals surface area contributed by atoms with Gasteiger partial charge in [0.2, 0.25) is 11.8 Å². The van der Waals surface area contributed by atoms with Gasteiger partial charge in [-0.05, 0) is 45.2 Å². The van der Waals surface area contributed by atoms with Crippen LogP contribution in [0.2, 0.25) is 0 Å². The quantitative estimate of drug-likeness (QED) is 0.715. The number of rotatable bonds is 6. The molecular weight excluding hydrogens is 351 g/mol. The molecule has 0 unspecified atom stereocenters. The highest BCUT2D eigenvalue weighted by Gasteiger charge is 2.23. The molecule has 0 aromatic carbocycles. The van der Waals surface area contributed by atoms with Gasteiger partial charge in [-0.1, -0.05) is 0 Å². The van der Waals surface area contributed by atoms with E-state index in [0.29, 0.717) is 25.4 Å². The zero-order valence-corrected chi connectivity index (χ0v) is 16.2. The minimum Gasteiger partial charge on any atom is -0.355 e. The Labute approximate surface area is 157 Å². The van der Waals surface area contributed by atoms with Crippen LogP contribution in [0.4, 0.5) is 0 Å². The molecule has 0 aromatic heterocycles. The van der Waals surface area contributed by atoms with Crippen molar-refractivity contribution >= 4 is 36.6 Å². The van der Waals surface area contributed by atoms with Gasteiger partial charge in [0.1, 0.15) is 0 Å². The molecule has 6 nitrogen and oxygen atoms in total. The number of hydrogen-bond donors (Lipinski definition) is 2. The Bertz CT molecular complexity index is 371. The maximum Gasteiger partial charge on any atom is 0.234 e. The topological polar surface area (TPSA) is 64.7 Å². The predicted molar refractivity (Wildman–Crippen MR) is 101 cm³/mol. The fourth-order valence-corrected chi connectivity index (χ4v) is 3.27. The average Bonchev–Trinajstić information content (AvgIpc) is 2.54. The first-order valence-electron chi connectivity index (χ1n) is 8.66. The zero-order chi connectivity index (χ0) is 15.8. The number of nitrogens with zero attached hydrogens (tertiary/aromatic N) is 2. The average molecular weight is 383 g/mol. The molecule has 0 spiro atoms. The number of likely N-dealkylation sites (N-methyl/N-ethyl adjacent to an activating group) is 1. The van der Waals surface area contributed by atoms with Crippen molar-refractivity contribution < 1.29 is 9.59 Å². The first-order chi connectivity index (χ1) is 10.7. The summed E-state index contributed by atoms with van der Waals surface area (Å²) in [5, 5.41) is 6.18. The second-order valence-corrected chi connectivity index (χ2v) is 6.34. The zero-order valence-electron chi connectivity index (χ0n) is 14.6. The summed E-state index contributed by atoms with van der Waals surface area (Å²) < 4.78 is 0. The lowest BCUT2D eigenvalue weighted by atomic mass is 9.93. The summed E-state index contributed by atoms with van der Waals surface area (Å²) in [6.45, 7) is 8.35. The van der Waals surface area contributed by atoms with Crippen molar-refractivity contribution in [3.05, 3.63) is 0 Å². The van der Waals surface area contributed by atoms with Gasteiger partial charge < -0.3 is 15.5 Å². The number of carbonyl (C=O) groups is 2. The van der Waals surface area contributed by atoms with Crippen molar-refractivity contribution in [1.82, 2.24) is 20.4 Å². The molecule has 0 aromatic rings. The molecule has 0 radical (unpaired) electrons. The highest BCUT2D eigenvalue weighted by atomic mass is 35.5. The highest BCUT2D eigenvalue weighted by Crippen LogP contribution is 2.18. The van der Waals surface area contributed by atoms with E-state index in [4.69, 9.17) is 0 Å². The molecule has 2 aliphatic heterocycles. The maximum atomic E-state index is 12.3. The van der Waals surface area contributed by atoms with Crippen LogP contribution < -0.4 is 10.6 Å². The second-order valence-electron chi connectivity index (χ2n) is 6.34. The van der Waals surface area contributed by atoms with Crippen molar-refractivity contribution in [2.75, 3.05) is 52.4 Å². The molecule has 24 heavy (non-hydrogen) atoms. The molecule has 0 saturated carbocycles. The Balaban J connectivity index is 0.00000264. The van der Waals surface area contributed by atoms with Gasteiger partial charge in [0.15, 0.2) is 0 Å². The van der Waals surface area contributed by atoms with E-state index in [1.807, 2.05) is 11.8 Å². The van der Waals surface area contributed by atoms with Crippen LogP contribution in [0.5, 0.6) is 0 Å². The molecule has 2 amide bonds. The molecule has 2 saturated heterocycles. The van der Waals surface area contributed by atoms with Gasteiger partial charge in [0.25, 0.3) is 0 Å². The Kier molecular flexibility index (Phi) is 12.5. The highest BCUT2D eigenvalue weighted by molar-refractivity contribution is 5.85. The van der Waals surface area contributed by atoms with E-state index in [-0.39, 0.29) is 36.6 Å². The van der Waals surface area contributed by atoms with Crippen LogP contribution in [0.15, 0.2) is 0 Å². The lowest BCUT2D eigenvalue weighted by molar-refractivity contribution is -0.133. The summed E-state index contributed by atoms with van der Waals surface area (Å²) in [5.74, 6) is 1.08. The van der Waals surface area contributed by atoms with Gasteiger partial charge in [-0.25, -0.2) is 0 Å². The third-order valence-electron chi connectivity index (χ3n) is 4.69. The van der Waals surface area contributed by atoms with Crippen LogP contribution >= 0.6 is 24.8 Å². The summed E-state index contributed by atoms with van der Waals surface area (Å²) >= 11 is 0. The number of piperidine rings is 1. The van der Waals surface area contributed by atoms with E-state index < -0.39 is 0 Å². The molecule has 2 fully saturated rings.